The molecule has 0 N–H and O–H groups in total. The number of aromatic nitrogens is 4. The lowest BCUT2D eigenvalue weighted by atomic mass is 10.1. The van der Waals surface area contributed by atoms with E-state index in [1.807, 2.05) is 6.07 Å². The molecule has 0 amide bonds. The Kier molecular flexibility index (Phi) is 5.52. The Morgan fingerprint density at radius 2 is 2.06 bits per heavy atom. The van der Waals surface area contributed by atoms with Gasteiger partial charge in [0.25, 0.3) is 5.56 Å². The van der Waals surface area contributed by atoms with Crippen LogP contribution in [0, 0.1) is 0 Å². The molecule has 9 nitrogen and oxygen atoms in total. The highest BCUT2D eigenvalue weighted by atomic mass is 16.5. The average molecular weight is 422 g/mol. The number of benzene rings is 1. The van der Waals surface area contributed by atoms with Crippen LogP contribution >= 0.6 is 0 Å². The zero-order valence-electron chi connectivity index (χ0n) is 17.6. The van der Waals surface area contributed by atoms with Crippen molar-refractivity contribution in [1.82, 2.24) is 24.4 Å². The van der Waals surface area contributed by atoms with Gasteiger partial charge in [-0.3, -0.25) is 9.69 Å². The summed E-state index contributed by atoms with van der Waals surface area (Å²) in [7, 11) is 1.73. The second-order valence-corrected chi connectivity index (χ2v) is 8.08. The van der Waals surface area contributed by atoms with E-state index in [9.17, 15) is 4.79 Å². The molecule has 162 valence electrons. The van der Waals surface area contributed by atoms with E-state index in [-0.39, 0.29) is 11.7 Å². The molecule has 0 saturated carbocycles. The van der Waals surface area contributed by atoms with Crippen LogP contribution in [0.4, 0.5) is 5.69 Å². The summed E-state index contributed by atoms with van der Waals surface area (Å²) in [6.45, 7) is 5.48. The van der Waals surface area contributed by atoms with Gasteiger partial charge < -0.3 is 18.9 Å². The van der Waals surface area contributed by atoms with Crippen LogP contribution in [-0.2, 0) is 18.3 Å². The molecular formula is C22H26N6O3. The monoisotopic (exact) mass is 422 g/mol. The zero-order valence-corrected chi connectivity index (χ0v) is 17.6. The van der Waals surface area contributed by atoms with E-state index >= 15 is 0 Å². The van der Waals surface area contributed by atoms with Gasteiger partial charge in [0.15, 0.2) is 0 Å². The summed E-state index contributed by atoms with van der Waals surface area (Å²) in [6, 6.07) is 6.24. The maximum absolute atomic E-state index is 12.3. The van der Waals surface area contributed by atoms with Gasteiger partial charge in [-0.1, -0.05) is 0 Å². The van der Waals surface area contributed by atoms with Crippen molar-refractivity contribution in [3.05, 3.63) is 53.0 Å². The Bertz CT molecular complexity index is 1120. The summed E-state index contributed by atoms with van der Waals surface area (Å²) < 4.78 is 13.0. The van der Waals surface area contributed by atoms with Crippen molar-refractivity contribution in [2.24, 2.45) is 7.05 Å². The molecule has 2 saturated heterocycles. The predicted molar refractivity (Wildman–Crippen MR) is 116 cm³/mol. The first-order valence-electron chi connectivity index (χ1n) is 10.6. The van der Waals surface area contributed by atoms with Crippen LogP contribution in [0.25, 0.3) is 10.9 Å². The normalized spacial score (nSPS) is 19.8. The highest BCUT2D eigenvalue weighted by molar-refractivity contribution is 5.86. The molecule has 3 aromatic rings. The molecule has 1 aromatic carbocycles. The van der Waals surface area contributed by atoms with Gasteiger partial charge in [-0.2, -0.15) is 0 Å². The number of hydrogen-bond donors (Lipinski definition) is 0. The molecule has 2 fully saturated rings. The fourth-order valence-corrected chi connectivity index (χ4v) is 4.15. The molecule has 5 rings (SSSR count). The first kappa shape index (κ1) is 19.9. The van der Waals surface area contributed by atoms with Gasteiger partial charge in [-0.25, -0.2) is 15.0 Å². The van der Waals surface area contributed by atoms with Crippen LogP contribution in [0.1, 0.15) is 12.0 Å². The number of aryl methyl sites for hydroxylation is 1. The molecule has 0 radical (unpaired) electrons. The fraction of sp³-hybridized carbons (Fsp3) is 0.455. The summed E-state index contributed by atoms with van der Waals surface area (Å²) in [4.78, 5) is 29.8. The van der Waals surface area contributed by atoms with Gasteiger partial charge in [0.1, 0.15) is 12.4 Å². The third kappa shape index (κ3) is 4.24. The number of fused-ring (bicyclic) bond motifs is 1. The maximum atomic E-state index is 12.3. The zero-order chi connectivity index (χ0) is 21.2. The lowest BCUT2D eigenvalue weighted by Crippen LogP contribution is -2.46. The van der Waals surface area contributed by atoms with Gasteiger partial charge in [-0.15, -0.1) is 0 Å². The maximum Gasteiger partial charge on any atom is 0.257 e. The minimum absolute atomic E-state index is 0.0205. The van der Waals surface area contributed by atoms with Crippen molar-refractivity contribution in [2.75, 3.05) is 44.3 Å². The van der Waals surface area contributed by atoms with Gasteiger partial charge in [0.2, 0.25) is 5.88 Å². The summed E-state index contributed by atoms with van der Waals surface area (Å²) in [5.41, 5.74) is 2.76. The van der Waals surface area contributed by atoms with Crippen LogP contribution in [0.3, 0.4) is 0 Å². The summed E-state index contributed by atoms with van der Waals surface area (Å²) >= 11 is 0. The largest absolute Gasteiger partial charge is 0.471 e. The standard InChI is InChI=1S/C22H26N6O3/c1-26-15-23-11-16(22(26)29)12-27-5-7-28(8-6-27)17-2-3-20-19(10-17)21(25-14-24-20)31-18-4-9-30-13-18/h2-3,10-11,14-15,18H,4-9,12-13H2,1H3. The second-order valence-electron chi connectivity index (χ2n) is 8.08. The molecule has 4 heterocycles. The molecule has 1 unspecified atom stereocenters. The molecular weight excluding hydrogens is 396 g/mol. The third-order valence-corrected chi connectivity index (χ3v) is 5.95. The van der Waals surface area contributed by atoms with Crippen molar-refractivity contribution < 1.29 is 9.47 Å². The number of hydrogen-bond acceptors (Lipinski definition) is 8. The van der Waals surface area contributed by atoms with Gasteiger partial charge in [0.05, 0.1) is 30.4 Å². The lowest BCUT2D eigenvalue weighted by molar-refractivity contribution is 0.139. The Balaban J connectivity index is 1.29. The number of ether oxygens (including phenoxy) is 2. The van der Waals surface area contributed by atoms with Crippen LogP contribution in [0.2, 0.25) is 0 Å². The van der Waals surface area contributed by atoms with Crippen molar-refractivity contribution in [2.45, 2.75) is 19.1 Å². The van der Waals surface area contributed by atoms with E-state index in [1.165, 1.54) is 4.57 Å². The van der Waals surface area contributed by atoms with Crippen molar-refractivity contribution in [1.29, 1.82) is 0 Å². The summed E-state index contributed by atoms with van der Waals surface area (Å²) in [5.74, 6) is 0.619. The molecule has 0 aliphatic carbocycles. The van der Waals surface area contributed by atoms with E-state index in [2.05, 4.69) is 36.9 Å². The molecule has 31 heavy (non-hydrogen) atoms. The Labute approximate surface area is 180 Å². The lowest BCUT2D eigenvalue weighted by Gasteiger charge is -2.36. The highest BCUT2D eigenvalue weighted by Gasteiger charge is 2.21. The van der Waals surface area contributed by atoms with E-state index in [1.54, 1.807) is 25.9 Å². The van der Waals surface area contributed by atoms with Gasteiger partial charge in [0, 0.05) is 63.6 Å². The summed E-state index contributed by atoms with van der Waals surface area (Å²) in [5, 5.41) is 0.924. The van der Waals surface area contributed by atoms with Crippen LogP contribution in [0.5, 0.6) is 5.88 Å². The molecule has 1 atom stereocenters. The van der Waals surface area contributed by atoms with Crippen molar-refractivity contribution in [3.8, 4) is 5.88 Å². The Hall–Kier alpha value is -3.04. The first-order chi connectivity index (χ1) is 15.2. The summed E-state index contributed by atoms with van der Waals surface area (Å²) in [6.07, 6.45) is 5.70. The Morgan fingerprint density at radius 3 is 2.87 bits per heavy atom. The SMILES string of the molecule is Cn1cncc(CN2CCN(c3ccc4ncnc(OC5CCOC5)c4c3)CC2)c1=O. The van der Waals surface area contributed by atoms with E-state index in [4.69, 9.17) is 9.47 Å². The highest BCUT2D eigenvalue weighted by Crippen LogP contribution is 2.29. The predicted octanol–water partition coefficient (Wildman–Crippen LogP) is 1.21. The molecule has 2 aliphatic heterocycles. The van der Waals surface area contributed by atoms with Crippen molar-refractivity contribution >= 4 is 16.6 Å². The minimum atomic E-state index is 0.0205. The number of piperazine rings is 1. The average Bonchev–Trinajstić information content (AvgIpc) is 3.31. The minimum Gasteiger partial charge on any atom is -0.471 e. The third-order valence-electron chi connectivity index (χ3n) is 5.95. The molecule has 9 heteroatoms. The van der Waals surface area contributed by atoms with Gasteiger partial charge >= 0.3 is 0 Å². The quantitative estimate of drug-likeness (QED) is 0.607. The Morgan fingerprint density at radius 1 is 1.19 bits per heavy atom. The first-order valence-corrected chi connectivity index (χ1v) is 10.6. The molecule has 2 aromatic heterocycles. The van der Waals surface area contributed by atoms with Crippen LogP contribution in [-0.4, -0.2) is 69.9 Å². The van der Waals surface area contributed by atoms with Gasteiger partial charge in [-0.05, 0) is 18.2 Å². The topological polar surface area (TPSA) is 85.6 Å². The second kappa shape index (κ2) is 8.60. The smallest absolute Gasteiger partial charge is 0.257 e. The molecule has 0 bridgehead atoms. The van der Waals surface area contributed by atoms with Crippen LogP contribution in [0.15, 0.2) is 41.8 Å². The van der Waals surface area contributed by atoms with E-state index < -0.39 is 0 Å². The van der Waals surface area contributed by atoms with E-state index in [0.717, 1.165) is 61.4 Å². The molecule has 2 aliphatic rings. The van der Waals surface area contributed by atoms with E-state index in [0.29, 0.717) is 19.0 Å². The number of rotatable bonds is 5. The number of nitrogens with zero attached hydrogens (tertiary/aromatic N) is 6. The molecule has 0 spiro atoms. The van der Waals surface area contributed by atoms with Crippen molar-refractivity contribution in [3.63, 3.8) is 0 Å². The van der Waals surface area contributed by atoms with Crippen LogP contribution < -0.4 is 15.2 Å². The number of anilines is 1. The fourth-order valence-electron chi connectivity index (χ4n) is 4.15.